The number of amides is 1. The van der Waals surface area contributed by atoms with Crippen molar-refractivity contribution in [1.29, 1.82) is 0 Å². The molecule has 4 nitrogen and oxygen atoms in total. The van der Waals surface area contributed by atoms with Gasteiger partial charge in [0.15, 0.2) is 5.58 Å². The molecule has 0 aliphatic heterocycles. The smallest absolute Gasteiger partial charge is 0.257 e. The molecule has 0 saturated carbocycles. The van der Waals surface area contributed by atoms with Gasteiger partial charge in [-0.15, -0.1) is 0 Å². The fraction of sp³-hybridized carbons (Fsp3) is 0. The molecule has 1 aromatic heterocycles. The molecule has 0 spiro atoms. The zero-order valence-corrected chi connectivity index (χ0v) is 15.9. The van der Waals surface area contributed by atoms with Crippen LogP contribution < -0.4 is 5.32 Å². The highest BCUT2D eigenvalue weighted by Crippen LogP contribution is 2.33. The second-order valence-electron chi connectivity index (χ2n) is 5.76. The number of hydrogen-bond acceptors (Lipinski definition) is 3. The van der Waals surface area contributed by atoms with E-state index in [0.29, 0.717) is 48.9 Å². The van der Waals surface area contributed by atoms with Crippen LogP contribution in [-0.2, 0) is 0 Å². The van der Waals surface area contributed by atoms with E-state index in [1.807, 2.05) is 0 Å². The molecule has 0 fully saturated rings. The van der Waals surface area contributed by atoms with Crippen molar-refractivity contribution in [3.05, 3.63) is 81.3 Å². The quantitative estimate of drug-likeness (QED) is 0.403. The van der Waals surface area contributed by atoms with Crippen LogP contribution in [0, 0.1) is 0 Å². The molecule has 4 aromatic rings. The van der Waals surface area contributed by atoms with Gasteiger partial charge in [-0.2, -0.15) is 0 Å². The zero-order chi connectivity index (χ0) is 19.0. The van der Waals surface area contributed by atoms with Crippen molar-refractivity contribution in [2.24, 2.45) is 0 Å². The second-order valence-corrected chi connectivity index (χ2v) is 7.01. The maximum Gasteiger partial charge on any atom is 0.257 e. The number of benzene rings is 3. The number of hydrogen-bond donors (Lipinski definition) is 1. The largest absolute Gasteiger partial charge is 0.436 e. The number of rotatable bonds is 3. The van der Waals surface area contributed by atoms with Crippen LogP contribution in [0.25, 0.3) is 22.6 Å². The van der Waals surface area contributed by atoms with Gasteiger partial charge in [0.1, 0.15) is 5.52 Å². The van der Waals surface area contributed by atoms with Gasteiger partial charge in [-0.3, -0.25) is 4.79 Å². The number of oxazole rings is 1. The molecule has 4 rings (SSSR count). The van der Waals surface area contributed by atoms with Gasteiger partial charge >= 0.3 is 0 Å². The Kier molecular flexibility index (Phi) is 4.79. The van der Waals surface area contributed by atoms with Gasteiger partial charge in [-0.05, 0) is 48.5 Å². The van der Waals surface area contributed by atoms with Crippen molar-refractivity contribution in [2.45, 2.75) is 0 Å². The van der Waals surface area contributed by atoms with Crippen molar-refractivity contribution in [3.63, 3.8) is 0 Å². The predicted octanol–water partition coefficient (Wildman–Crippen LogP) is 6.71. The normalized spacial score (nSPS) is 10.9. The summed E-state index contributed by atoms with van der Waals surface area (Å²) in [6, 6.07) is 17.1. The molecule has 0 bridgehead atoms. The summed E-state index contributed by atoms with van der Waals surface area (Å²) in [4.78, 5) is 16.9. The van der Waals surface area contributed by atoms with Crippen molar-refractivity contribution in [1.82, 2.24) is 4.98 Å². The van der Waals surface area contributed by atoms with E-state index >= 15 is 0 Å². The molecule has 0 radical (unpaired) electrons. The first kappa shape index (κ1) is 17.9. The lowest BCUT2D eigenvalue weighted by molar-refractivity contribution is 0.102. The third-order valence-electron chi connectivity index (χ3n) is 3.92. The third kappa shape index (κ3) is 3.65. The van der Waals surface area contributed by atoms with Crippen molar-refractivity contribution in [2.75, 3.05) is 5.32 Å². The number of nitrogens with one attached hydrogen (secondary N) is 1. The van der Waals surface area contributed by atoms with Gasteiger partial charge in [0.2, 0.25) is 5.89 Å². The average molecular weight is 418 g/mol. The van der Waals surface area contributed by atoms with Gasteiger partial charge in [0, 0.05) is 10.7 Å². The van der Waals surface area contributed by atoms with Crippen LogP contribution in [0.5, 0.6) is 0 Å². The maximum atomic E-state index is 12.5. The summed E-state index contributed by atoms with van der Waals surface area (Å²) in [7, 11) is 0. The SMILES string of the molecule is O=C(Nc1ccc(Cl)c(-c2nc3cc(Cl)ccc3o2)c1)c1ccccc1Cl. The van der Waals surface area contributed by atoms with Crippen molar-refractivity contribution < 1.29 is 9.21 Å². The van der Waals surface area contributed by atoms with E-state index in [1.165, 1.54) is 0 Å². The molecule has 1 N–H and O–H groups in total. The number of fused-ring (bicyclic) bond motifs is 1. The Morgan fingerprint density at radius 3 is 2.56 bits per heavy atom. The molecule has 0 atom stereocenters. The summed E-state index contributed by atoms with van der Waals surface area (Å²) < 4.78 is 5.77. The number of anilines is 1. The van der Waals surface area contributed by atoms with Crippen molar-refractivity contribution >= 4 is 57.5 Å². The maximum absolute atomic E-state index is 12.5. The second kappa shape index (κ2) is 7.24. The predicted molar refractivity (Wildman–Crippen MR) is 109 cm³/mol. The minimum absolute atomic E-state index is 0.321. The summed E-state index contributed by atoms with van der Waals surface area (Å²) in [6.07, 6.45) is 0. The first-order valence-electron chi connectivity index (χ1n) is 7.93. The summed E-state index contributed by atoms with van der Waals surface area (Å²) in [5, 5.41) is 4.19. The molecule has 0 saturated heterocycles. The van der Waals surface area contributed by atoms with Crippen LogP contribution in [0.3, 0.4) is 0 Å². The first-order valence-corrected chi connectivity index (χ1v) is 9.06. The molecule has 134 valence electrons. The van der Waals surface area contributed by atoms with Gasteiger partial charge < -0.3 is 9.73 Å². The standard InChI is InChI=1S/C20H11Cl3N2O2/c21-11-5-8-18-17(9-11)25-20(27-18)14-10-12(6-7-16(14)23)24-19(26)13-3-1-2-4-15(13)22/h1-10H,(H,24,26). The lowest BCUT2D eigenvalue weighted by Crippen LogP contribution is -2.12. The summed E-state index contributed by atoms with van der Waals surface area (Å²) in [5.74, 6) is 0.0179. The lowest BCUT2D eigenvalue weighted by atomic mass is 10.1. The monoisotopic (exact) mass is 416 g/mol. The highest BCUT2D eigenvalue weighted by atomic mass is 35.5. The Hall–Kier alpha value is -2.53. The average Bonchev–Trinajstić information content (AvgIpc) is 3.06. The van der Waals surface area contributed by atoms with E-state index in [0.717, 1.165) is 0 Å². The Morgan fingerprint density at radius 2 is 1.74 bits per heavy atom. The highest BCUT2D eigenvalue weighted by molar-refractivity contribution is 6.35. The number of carbonyl (C=O) groups excluding carboxylic acids is 1. The first-order chi connectivity index (χ1) is 13.0. The number of nitrogens with zero attached hydrogens (tertiary/aromatic N) is 1. The molecule has 1 amide bonds. The summed E-state index contributed by atoms with van der Waals surface area (Å²) in [6.45, 7) is 0. The van der Waals surface area contributed by atoms with Crippen LogP contribution in [0.1, 0.15) is 10.4 Å². The topological polar surface area (TPSA) is 55.1 Å². The number of halogens is 3. The van der Waals surface area contributed by atoms with E-state index < -0.39 is 0 Å². The van der Waals surface area contributed by atoms with Crippen LogP contribution in [0.4, 0.5) is 5.69 Å². The molecule has 3 aromatic carbocycles. The molecular formula is C20H11Cl3N2O2. The van der Waals surface area contributed by atoms with Gasteiger partial charge in [0.25, 0.3) is 5.91 Å². The lowest BCUT2D eigenvalue weighted by Gasteiger charge is -2.08. The Balaban J connectivity index is 1.68. The highest BCUT2D eigenvalue weighted by Gasteiger charge is 2.15. The van der Waals surface area contributed by atoms with Crippen LogP contribution in [0.15, 0.2) is 65.1 Å². The fourth-order valence-corrected chi connectivity index (χ4v) is 3.21. The van der Waals surface area contributed by atoms with Gasteiger partial charge in [0.05, 0.1) is 21.2 Å². The van der Waals surface area contributed by atoms with E-state index in [9.17, 15) is 4.79 Å². The Labute approximate surface area is 169 Å². The van der Waals surface area contributed by atoms with E-state index in [4.69, 9.17) is 39.2 Å². The molecule has 0 unspecified atom stereocenters. The van der Waals surface area contributed by atoms with E-state index in [1.54, 1.807) is 60.7 Å². The Bertz CT molecular complexity index is 1170. The van der Waals surface area contributed by atoms with Crippen LogP contribution in [-0.4, -0.2) is 10.9 Å². The molecule has 0 aliphatic rings. The molecule has 27 heavy (non-hydrogen) atoms. The van der Waals surface area contributed by atoms with Crippen LogP contribution >= 0.6 is 34.8 Å². The van der Waals surface area contributed by atoms with Gasteiger partial charge in [-0.25, -0.2) is 4.98 Å². The number of carbonyl (C=O) groups is 1. The molecule has 1 heterocycles. The van der Waals surface area contributed by atoms with E-state index in [-0.39, 0.29) is 5.91 Å². The van der Waals surface area contributed by atoms with Crippen LogP contribution in [0.2, 0.25) is 15.1 Å². The minimum Gasteiger partial charge on any atom is -0.436 e. The summed E-state index contributed by atoms with van der Waals surface area (Å²) >= 11 is 18.4. The molecular weight excluding hydrogens is 407 g/mol. The summed E-state index contributed by atoms with van der Waals surface area (Å²) in [5.41, 5.74) is 2.70. The number of aromatic nitrogens is 1. The molecule has 7 heteroatoms. The Morgan fingerprint density at radius 1 is 0.926 bits per heavy atom. The minimum atomic E-state index is -0.321. The molecule has 0 aliphatic carbocycles. The van der Waals surface area contributed by atoms with Gasteiger partial charge in [-0.1, -0.05) is 46.9 Å². The third-order valence-corrected chi connectivity index (χ3v) is 4.82. The van der Waals surface area contributed by atoms with Crippen molar-refractivity contribution in [3.8, 4) is 11.5 Å². The fourth-order valence-electron chi connectivity index (χ4n) is 2.63. The van der Waals surface area contributed by atoms with E-state index in [2.05, 4.69) is 10.3 Å². The zero-order valence-electron chi connectivity index (χ0n) is 13.7.